The number of pyridine rings is 1. The summed E-state index contributed by atoms with van der Waals surface area (Å²) in [6.07, 6.45) is 14.1. The van der Waals surface area contributed by atoms with Crippen LogP contribution in [-0.4, -0.2) is 53.5 Å². The number of carbonyl (C=O) groups excluding carboxylic acids is 1. The van der Waals surface area contributed by atoms with Crippen molar-refractivity contribution in [2.75, 3.05) is 32.8 Å². The molecule has 0 radical (unpaired) electrons. The van der Waals surface area contributed by atoms with Crippen molar-refractivity contribution in [1.82, 2.24) is 14.8 Å². The maximum Gasteiger partial charge on any atom is 0.222 e. The molecule has 0 N–H and O–H groups in total. The third-order valence-electron chi connectivity index (χ3n) is 8.07. The number of amides is 1. The molecular weight excluding hydrogens is 422 g/mol. The minimum atomic E-state index is 0.275. The van der Waals surface area contributed by atoms with Gasteiger partial charge in [-0.3, -0.25) is 14.7 Å². The lowest BCUT2D eigenvalue weighted by molar-refractivity contribution is -0.134. The Morgan fingerprint density at radius 3 is 2.68 bits per heavy atom. The van der Waals surface area contributed by atoms with Gasteiger partial charge in [-0.2, -0.15) is 0 Å². The van der Waals surface area contributed by atoms with Crippen molar-refractivity contribution >= 4 is 5.91 Å². The Balaban J connectivity index is 1.30. The number of hydrogen-bond donors (Lipinski definition) is 0. The molecule has 1 amide bonds. The average Bonchev–Trinajstić information content (AvgIpc) is 3.67. The van der Waals surface area contributed by atoms with Gasteiger partial charge in [0.2, 0.25) is 5.91 Å². The number of ether oxygens (including phenoxy) is 1. The van der Waals surface area contributed by atoms with Gasteiger partial charge in [0.05, 0.1) is 0 Å². The van der Waals surface area contributed by atoms with Gasteiger partial charge in [0.15, 0.2) is 0 Å². The molecule has 1 aromatic heterocycles. The number of likely N-dealkylation sites (tertiary alicyclic amines) is 1. The van der Waals surface area contributed by atoms with Crippen molar-refractivity contribution in [3.63, 3.8) is 0 Å². The van der Waals surface area contributed by atoms with Gasteiger partial charge in [0.1, 0.15) is 12.4 Å². The van der Waals surface area contributed by atoms with Crippen LogP contribution in [0.15, 0.2) is 48.8 Å². The van der Waals surface area contributed by atoms with Gasteiger partial charge in [0, 0.05) is 51.5 Å². The summed E-state index contributed by atoms with van der Waals surface area (Å²) < 4.78 is 6.29. The fraction of sp³-hybridized carbons (Fsp3) is 0.586. The van der Waals surface area contributed by atoms with E-state index in [2.05, 4.69) is 45.1 Å². The average molecular weight is 462 g/mol. The standard InChI is InChI=1S/C29H39N3O2/c33-28(20-24-10-11-24)32-16-13-29(14-17-32)12-4-3-8-26-7-1-2-9-27(26)34-19-18-31(23-29)22-25-6-5-15-30-21-25/h1-2,5-7,9,15,21,24H,3-4,8,10-14,16-20,22-23H2. The summed E-state index contributed by atoms with van der Waals surface area (Å²) in [4.78, 5) is 21.8. The summed E-state index contributed by atoms with van der Waals surface area (Å²) in [6, 6.07) is 12.7. The predicted octanol–water partition coefficient (Wildman–Crippen LogP) is 5.10. The molecule has 1 spiro atoms. The fourth-order valence-corrected chi connectivity index (χ4v) is 5.81. The minimum absolute atomic E-state index is 0.275. The van der Waals surface area contributed by atoms with E-state index in [-0.39, 0.29) is 5.41 Å². The largest absolute Gasteiger partial charge is 0.492 e. The number of rotatable bonds is 4. The van der Waals surface area contributed by atoms with E-state index in [0.717, 1.165) is 64.2 Å². The summed E-state index contributed by atoms with van der Waals surface area (Å²) in [5, 5.41) is 0. The third kappa shape index (κ3) is 6.18. The second kappa shape index (κ2) is 10.9. The van der Waals surface area contributed by atoms with Gasteiger partial charge in [-0.1, -0.05) is 30.7 Å². The lowest BCUT2D eigenvalue weighted by Crippen LogP contribution is -2.48. The maximum atomic E-state index is 12.7. The molecule has 1 saturated heterocycles. The molecule has 3 aliphatic rings. The molecule has 0 unspecified atom stereocenters. The molecule has 2 aliphatic heterocycles. The van der Waals surface area contributed by atoms with Crippen LogP contribution in [0.4, 0.5) is 0 Å². The number of nitrogens with zero attached hydrogens (tertiary/aromatic N) is 3. The zero-order valence-corrected chi connectivity index (χ0v) is 20.5. The molecular formula is C29H39N3O2. The number of hydrogen-bond acceptors (Lipinski definition) is 4. The van der Waals surface area contributed by atoms with E-state index in [1.54, 1.807) is 0 Å². The van der Waals surface area contributed by atoms with Crippen LogP contribution in [0.3, 0.4) is 0 Å². The molecule has 5 nitrogen and oxygen atoms in total. The highest BCUT2D eigenvalue weighted by Crippen LogP contribution is 2.40. The second-order valence-electron chi connectivity index (χ2n) is 10.8. The van der Waals surface area contributed by atoms with Crippen molar-refractivity contribution in [1.29, 1.82) is 0 Å². The maximum absolute atomic E-state index is 12.7. The highest BCUT2D eigenvalue weighted by atomic mass is 16.5. The summed E-state index contributed by atoms with van der Waals surface area (Å²) >= 11 is 0. The zero-order chi connectivity index (χ0) is 23.2. The fourth-order valence-electron chi connectivity index (χ4n) is 5.81. The molecule has 34 heavy (non-hydrogen) atoms. The molecule has 0 atom stereocenters. The van der Waals surface area contributed by atoms with Gasteiger partial charge < -0.3 is 9.64 Å². The van der Waals surface area contributed by atoms with Gasteiger partial charge >= 0.3 is 0 Å². The van der Waals surface area contributed by atoms with E-state index in [1.807, 2.05) is 18.5 Å². The predicted molar refractivity (Wildman–Crippen MR) is 135 cm³/mol. The Labute approximate surface area is 204 Å². The van der Waals surface area contributed by atoms with Gasteiger partial charge in [0.25, 0.3) is 0 Å². The number of benzene rings is 1. The van der Waals surface area contributed by atoms with Crippen molar-refractivity contribution in [2.45, 2.75) is 64.3 Å². The van der Waals surface area contributed by atoms with E-state index in [1.165, 1.54) is 43.2 Å². The first-order valence-electron chi connectivity index (χ1n) is 13.3. The summed E-state index contributed by atoms with van der Waals surface area (Å²) in [5.41, 5.74) is 2.86. The van der Waals surface area contributed by atoms with E-state index in [9.17, 15) is 4.79 Å². The molecule has 1 aliphatic carbocycles. The minimum Gasteiger partial charge on any atom is -0.492 e. The molecule has 3 heterocycles. The molecule has 2 fully saturated rings. The smallest absolute Gasteiger partial charge is 0.222 e. The highest BCUT2D eigenvalue weighted by Gasteiger charge is 2.38. The molecule has 5 heteroatoms. The monoisotopic (exact) mass is 461 g/mol. The van der Waals surface area contributed by atoms with Crippen LogP contribution in [0.5, 0.6) is 5.75 Å². The first-order valence-corrected chi connectivity index (χ1v) is 13.3. The van der Waals surface area contributed by atoms with Crippen LogP contribution in [0.2, 0.25) is 0 Å². The summed E-state index contributed by atoms with van der Waals surface area (Å²) in [6.45, 7) is 5.40. The molecule has 5 rings (SSSR count). The molecule has 0 bridgehead atoms. The Kier molecular flexibility index (Phi) is 7.48. The lowest BCUT2D eigenvalue weighted by atomic mass is 9.73. The first kappa shape index (κ1) is 23.3. The lowest BCUT2D eigenvalue weighted by Gasteiger charge is -2.45. The van der Waals surface area contributed by atoms with Gasteiger partial charge in [-0.25, -0.2) is 0 Å². The van der Waals surface area contributed by atoms with E-state index in [0.29, 0.717) is 18.4 Å². The van der Waals surface area contributed by atoms with Gasteiger partial charge in [-0.15, -0.1) is 0 Å². The van der Waals surface area contributed by atoms with Crippen LogP contribution in [0.25, 0.3) is 0 Å². The zero-order valence-electron chi connectivity index (χ0n) is 20.5. The Morgan fingerprint density at radius 2 is 1.88 bits per heavy atom. The SMILES string of the molecule is O=C(CC1CC1)N1CCC2(CCCCc3ccccc3OCCN(Cc3cccnc3)C2)CC1. The van der Waals surface area contributed by atoms with Crippen molar-refractivity contribution in [3.05, 3.63) is 59.9 Å². The molecule has 1 aromatic carbocycles. The number of aromatic nitrogens is 1. The van der Waals surface area contributed by atoms with Crippen molar-refractivity contribution < 1.29 is 9.53 Å². The van der Waals surface area contributed by atoms with Crippen LogP contribution in [-0.2, 0) is 17.8 Å². The van der Waals surface area contributed by atoms with E-state index >= 15 is 0 Å². The number of para-hydroxylation sites is 1. The van der Waals surface area contributed by atoms with Crippen LogP contribution < -0.4 is 4.74 Å². The van der Waals surface area contributed by atoms with Crippen molar-refractivity contribution in [2.24, 2.45) is 11.3 Å². The highest BCUT2D eigenvalue weighted by molar-refractivity contribution is 5.76. The first-order chi connectivity index (χ1) is 16.7. The summed E-state index contributed by atoms with van der Waals surface area (Å²) in [7, 11) is 0. The topological polar surface area (TPSA) is 45.7 Å². The number of aryl methyl sites for hydroxylation is 1. The summed E-state index contributed by atoms with van der Waals surface area (Å²) in [5.74, 6) is 2.10. The van der Waals surface area contributed by atoms with E-state index < -0.39 is 0 Å². The molecule has 2 aromatic rings. The van der Waals surface area contributed by atoms with Crippen LogP contribution in [0, 0.1) is 11.3 Å². The molecule has 182 valence electrons. The Morgan fingerprint density at radius 1 is 1.03 bits per heavy atom. The number of carbonyl (C=O) groups is 1. The second-order valence-corrected chi connectivity index (χ2v) is 10.8. The quantitative estimate of drug-likeness (QED) is 0.636. The molecule has 1 saturated carbocycles. The van der Waals surface area contributed by atoms with Crippen LogP contribution in [0.1, 0.15) is 62.5 Å². The van der Waals surface area contributed by atoms with Crippen molar-refractivity contribution in [3.8, 4) is 5.75 Å². The Bertz CT molecular complexity index is 935. The van der Waals surface area contributed by atoms with Crippen LogP contribution >= 0.6 is 0 Å². The third-order valence-corrected chi connectivity index (χ3v) is 8.07. The van der Waals surface area contributed by atoms with E-state index in [4.69, 9.17) is 4.74 Å². The number of piperidine rings is 1. The number of fused-ring (bicyclic) bond motifs is 1. The Hall–Kier alpha value is -2.40. The van der Waals surface area contributed by atoms with Gasteiger partial charge in [-0.05, 0) is 79.5 Å². The normalized spacial score (nSPS) is 21.7.